The minimum absolute atomic E-state index is 0.769. The van der Waals surface area contributed by atoms with Gasteiger partial charge >= 0.3 is 0 Å². The molecule has 128 valence electrons. The zero-order valence-corrected chi connectivity index (χ0v) is 15.2. The van der Waals surface area contributed by atoms with Crippen molar-refractivity contribution in [3.05, 3.63) is 0 Å². The first-order chi connectivity index (χ1) is 10.2. The average molecular weight is 299 g/mol. The summed E-state index contributed by atoms with van der Waals surface area (Å²) in [4.78, 5) is 2.61. The highest BCUT2D eigenvalue weighted by atomic mass is 15.1. The van der Waals surface area contributed by atoms with E-state index >= 15 is 0 Å². The Labute approximate surface area is 134 Å². The van der Waals surface area contributed by atoms with E-state index in [1.165, 1.54) is 83.8 Å². The molecule has 0 spiro atoms. The zero-order valence-electron chi connectivity index (χ0n) is 15.2. The van der Waals surface area contributed by atoms with E-state index < -0.39 is 0 Å². The molecule has 0 saturated carbocycles. The normalized spacial score (nSPS) is 11.7. The molecule has 0 aromatic carbocycles. The predicted molar refractivity (Wildman–Crippen MR) is 96.8 cm³/mol. The molecule has 2 heteroatoms. The van der Waals surface area contributed by atoms with Crippen LogP contribution in [0.5, 0.6) is 0 Å². The van der Waals surface area contributed by atoms with Crippen molar-refractivity contribution < 1.29 is 0 Å². The summed E-state index contributed by atoms with van der Waals surface area (Å²) < 4.78 is 0. The van der Waals surface area contributed by atoms with E-state index in [1.807, 2.05) is 0 Å². The molecule has 0 aromatic rings. The zero-order chi connectivity index (χ0) is 15.8. The molecule has 0 rings (SSSR count). The predicted octanol–water partition coefficient (Wildman–Crippen LogP) is 5.21. The van der Waals surface area contributed by atoms with Gasteiger partial charge in [0.2, 0.25) is 0 Å². The van der Waals surface area contributed by atoms with Crippen LogP contribution in [0.2, 0.25) is 0 Å². The Balaban J connectivity index is 3.40. The van der Waals surface area contributed by atoms with Crippen molar-refractivity contribution in [2.75, 3.05) is 26.2 Å². The van der Waals surface area contributed by atoms with Gasteiger partial charge in [-0.15, -0.1) is 0 Å². The molecule has 0 saturated heterocycles. The van der Waals surface area contributed by atoms with Gasteiger partial charge in [-0.25, -0.2) is 0 Å². The van der Waals surface area contributed by atoms with Crippen molar-refractivity contribution in [2.24, 2.45) is 11.7 Å². The van der Waals surface area contributed by atoms with Crippen molar-refractivity contribution in [1.82, 2.24) is 4.90 Å². The van der Waals surface area contributed by atoms with E-state index in [2.05, 4.69) is 25.7 Å². The van der Waals surface area contributed by atoms with Crippen molar-refractivity contribution in [3.63, 3.8) is 0 Å². The highest BCUT2D eigenvalue weighted by molar-refractivity contribution is 4.61. The Morgan fingerprint density at radius 1 is 0.714 bits per heavy atom. The maximum Gasteiger partial charge on any atom is 0.000439 e. The van der Waals surface area contributed by atoms with Gasteiger partial charge < -0.3 is 10.6 Å². The van der Waals surface area contributed by atoms with Gasteiger partial charge in [0.05, 0.1) is 0 Å². The molecule has 21 heavy (non-hydrogen) atoms. The fourth-order valence-corrected chi connectivity index (χ4v) is 2.95. The molecule has 0 aliphatic heterocycles. The highest BCUT2D eigenvalue weighted by Gasteiger charge is 2.06. The number of nitrogens with zero attached hydrogens (tertiary/aromatic N) is 1. The quantitative estimate of drug-likeness (QED) is 0.396. The van der Waals surface area contributed by atoms with Gasteiger partial charge in [-0.2, -0.15) is 0 Å². The molecule has 0 amide bonds. The topological polar surface area (TPSA) is 29.3 Å². The summed E-state index contributed by atoms with van der Waals surface area (Å²) >= 11 is 0. The fourth-order valence-electron chi connectivity index (χ4n) is 2.95. The second kappa shape index (κ2) is 16.3. The Morgan fingerprint density at radius 2 is 1.19 bits per heavy atom. The summed E-state index contributed by atoms with van der Waals surface area (Å²) in [6.45, 7) is 11.4. The van der Waals surface area contributed by atoms with Crippen LogP contribution in [-0.2, 0) is 0 Å². The van der Waals surface area contributed by atoms with E-state index in [4.69, 9.17) is 5.73 Å². The molecule has 0 unspecified atom stereocenters. The summed E-state index contributed by atoms with van der Waals surface area (Å²) in [5, 5.41) is 0. The fraction of sp³-hybridized carbons (Fsp3) is 1.00. The molecular weight excluding hydrogens is 256 g/mol. The van der Waals surface area contributed by atoms with E-state index in [1.54, 1.807) is 0 Å². The first kappa shape index (κ1) is 20.9. The van der Waals surface area contributed by atoms with Crippen LogP contribution in [0.3, 0.4) is 0 Å². The second-order valence-corrected chi connectivity index (χ2v) is 7.02. The maximum atomic E-state index is 5.63. The van der Waals surface area contributed by atoms with Crippen LogP contribution in [0.4, 0.5) is 0 Å². The Bertz CT molecular complexity index is 192. The molecule has 2 nitrogen and oxygen atoms in total. The highest BCUT2D eigenvalue weighted by Crippen LogP contribution is 2.11. The van der Waals surface area contributed by atoms with E-state index in [9.17, 15) is 0 Å². The van der Waals surface area contributed by atoms with Gasteiger partial charge in [0, 0.05) is 6.54 Å². The van der Waals surface area contributed by atoms with Gasteiger partial charge in [0.1, 0.15) is 0 Å². The Morgan fingerprint density at radius 3 is 1.67 bits per heavy atom. The summed E-state index contributed by atoms with van der Waals surface area (Å²) in [5.41, 5.74) is 5.63. The Kier molecular flexibility index (Phi) is 16.2. The SMILES string of the molecule is CCCCCCCCCCCCN(CCCN)CC(C)C. The second-order valence-electron chi connectivity index (χ2n) is 7.02. The van der Waals surface area contributed by atoms with Gasteiger partial charge in [0.15, 0.2) is 0 Å². The third kappa shape index (κ3) is 16.1. The van der Waals surface area contributed by atoms with Gasteiger partial charge in [-0.05, 0) is 38.4 Å². The molecular formula is C19H42N2. The Hall–Kier alpha value is -0.0800. The lowest BCUT2D eigenvalue weighted by molar-refractivity contribution is 0.237. The van der Waals surface area contributed by atoms with Gasteiger partial charge in [0.25, 0.3) is 0 Å². The number of rotatable bonds is 16. The van der Waals surface area contributed by atoms with Crippen molar-refractivity contribution in [3.8, 4) is 0 Å². The van der Waals surface area contributed by atoms with E-state index in [-0.39, 0.29) is 0 Å². The minimum Gasteiger partial charge on any atom is -0.330 e. The average Bonchev–Trinajstić information content (AvgIpc) is 2.46. The molecule has 0 fully saturated rings. The van der Waals surface area contributed by atoms with Crippen LogP contribution in [0.25, 0.3) is 0 Å². The molecule has 0 heterocycles. The molecule has 0 aliphatic rings. The summed E-state index contributed by atoms with van der Waals surface area (Å²) in [6, 6.07) is 0. The molecule has 0 radical (unpaired) electrons. The summed E-state index contributed by atoms with van der Waals surface area (Å²) in [5.74, 6) is 0.769. The van der Waals surface area contributed by atoms with Crippen LogP contribution < -0.4 is 5.73 Å². The monoisotopic (exact) mass is 298 g/mol. The summed E-state index contributed by atoms with van der Waals surface area (Å²) in [6.07, 6.45) is 15.4. The lowest BCUT2D eigenvalue weighted by atomic mass is 10.1. The largest absolute Gasteiger partial charge is 0.330 e. The standard InChI is InChI=1S/C19H42N2/c1-4-5-6-7-8-9-10-11-12-13-16-21(17-14-15-20)18-19(2)3/h19H,4-18,20H2,1-3H3. The van der Waals surface area contributed by atoms with Crippen LogP contribution >= 0.6 is 0 Å². The van der Waals surface area contributed by atoms with E-state index in [0.717, 1.165) is 18.9 Å². The number of unbranched alkanes of at least 4 members (excludes halogenated alkanes) is 9. The molecule has 0 aromatic heterocycles. The molecule has 2 N–H and O–H groups in total. The number of nitrogens with two attached hydrogens (primary N) is 1. The third-order valence-electron chi connectivity index (χ3n) is 4.13. The van der Waals surface area contributed by atoms with Crippen LogP contribution in [0, 0.1) is 5.92 Å². The molecule has 0 atom stereocenters. The lowest BCUT2D eigenvalue weighted by Gasteiger charge is -2.24. The van der Waals surface area contributed by atoms with Crippen LogP contribution in [-0.4, -0.2) is 31.1 Å². The third-order valence-corrected chi connectivity index (χ3v) is 4.13. The van der Waals surface area contributed by atoms with Crippen molar-refractivity contribution in [1.29, 1.82) is 0 Å². The lowest BCUT2D eigenvalue weighted by Crippen LogP contribution is -2.31. The van der Waals surface area contributed by atoms with Crippen molar-refractivity contribution in [2.45, 2.75) is 91.4 Å². The first-order valence-corrected chi connectivity index (χ1v) is 9.63. The first-order valence-electron chi connectivity index (χ1n) is 9.63. The minimum atomic E-state index is 0.769. The molecule has 0 bridgehead atoms. The maximum absolute atomic E-state index is 5.63. The van der Waals surface area contributed by atoms with E-state index in [0.29, 0.717) is 0 Å². The van der Waals surface area contributed by atoms with Crippen molar-refractivity contribution >= 4 is 0 Å². The molecule has 0 aliphatic carbocycles. The number of hydrogen-bond donors (Lipinski definition) is 1. The van der Waals surface area contributed by atoms with Gasteiger partial charge in [-0.1, -0.05) is 78.6 Å². The summed E-state index contributed by atoms with van der Waals surface area (Å²) in [7, 11) is 0. The van der Waals surface area contributed by atoms with Gasteiger partial charge in [-0.3, -0.25) is 0 Å². The number of hydrogen-bond acceptors (Lipinski definition) is 2. The smallest absolute Gasteiger partial charge is 0.000439 e. The van der Waals surface area contributed by atoms with Crippen LogP contribution in [0.1, 0.15) is 91.4 Å². The van der Waals surface area contributed by atoms with Crippen LogP contribution in [0.15, 0.2) is 0 Å².